The number of amides is 1. The van der Waals surface area contributed by atoms with Crippen LogP contribution in [-0.4, -0.2) is 34.1 Å². The van der Waals surface area contributed by atoms with Crippen LogP contribution in [0.4, 0.5) is 5.69 Å². The molecule has 1 fully saturated rings. The molecule has 0 spiro atoms. The van der Waals surface area contributed by atoms with Crippen molar-refractivity contribution in [3.63, 3.8) is 0 Å². The summed E-state index contributed by atoms with van der Waals surface area (Å²) in [5.41, 5.74) is 3.84. The maximum atomic E-state index is 12.8. The first-order valence-electron chi connectivity index (χ1n) is 10.5. The van der Waals surface area contributed by atoms with Gasteiger partial charge in [0.25, 0.3) is 5.91 Å². The summed E-state index contributed by atoms with van der Waals surface area (Å²) in [5.74, 6) is -0.481. The van der Waals surface area contributed by atoms with E-state index in [-0.39, 0.29) is 11.5 Å². The summed E-state index contributed by atoms with van der Waals surface area (Å²) < 4.78 is 7.54. The molecule has 6 nitrogen and oxygen atoms in total. The lowest BCUT2D eigenvalue weighted by Gasteiger charge is -2.12. The van der Waals surface area contributed by atoms with Gasteiger partial charge in [0.05, 0.1) is 25.1 Å². The Kier molecular flexibility index (Phi) is 7.78. The minimum absolute atomic E-state index is 0.164. The number of carboxylic acid groups (broad SMARTS) is 1. The first-order chi connectivity index (χ1) is 16.7. The van der Waals surface area contributed by atoms with Crippen LogP contribution in [0.3, 0.4) is 0 Å². The summed E-state index contributed by atoms with van der Waals surface area (Å²) >= 11 is 8.42. The van der Waals surface area contributed by atoms with Crippen LogP contribution in [0, 0.1) is 6.92 Å². The van der Waals surface area contributed by atoms with Gasteiger partial charge in [0.15, 0.2) is 5.17 Å². The van der Waals surface area contributed by atoms with Gasteiger partial charge in [0, 0.05) is 7.05 Å². The molecular weight excluding hydrogens is 596 g/mol. The fraction of sp³-hybridized carbons (Fsp3) is 0.115. The Labute approximate surface area is 224 Å². The zero-order valence-corrected chi connectivity index (χ0v) is 22.8. The van der Waals surface area contributed by atoms with Gasteiger partial charge in [-0.15, -0.1) is 0 Å². The van der Waals surface area contributed by atoms with E-state index >= 15 is 0 Å². The number of likely N-dealkylation sites (N-methyl/N-ethyl adjacent to an activating group) is 1. The first-order valence-corrected chi connectivity index (χ1v) is 12.9. The zero-order chi connectivity index (χ0) is 25.1. The average Bonchev–Trinajstić information content (AvgIpc) is 3.07. The number of aryl methyl sites for hydroxylation is 1. The fourth-order valence-electron chi connectivity index (χ4n) is 3.23. The van der Waals surface area contributed by atoms with E-state index in [1.54, 1.807) is 25.3 Å². The largest absolute Gasteiger partial charge is 0.487 e. The molecule has 0 unspecified atom stereocenters. The molecule has 178 valence electrons. The molecule has 35 heavy (non-hydrogen) atoms. The van der Waals surface area contributed by atoms with E-state index in [2.05, 4.69) is 36.9 Å². The van der Waals surface area contributed by atoms with Crippen LogP contribution >= 0.6 is 43.6 Å². The molecule has 1 aliphatic rings. The van der Waals surface area contributed by atoms with Crippen molar-refractivity contribution in [1.29, 1.82) is 0 Å². The lowest BCUT2D eigenvalue weighted by Crippen LogP contribution is -2.23. The molecule has 3 aromatic carbocycles. The van der Waals surface area contributed by atoms with E-state index < -0.39 is 5.97 Å². The Morgan fingerprint density at radius 3 is 2.31 bits per heavy atom. The maximum absolute atomic E-state index is 12.8. The third-order valence-electron chi connectivity index (χ3n) is 5.16. The number of rotatable bonds is 6. The van der Waals surface area contributed by atoms with Crippen LogP contribution in [0.5, 0.6) is 5.75 Å². The molecule has 1 saturated heterocycles. The van der Waals surface area contributed by atoms with Crippen molar-refractivity contribution in [2.45, 2.75) is 13.5 Å². The highest BCUT2D eigenvalue weighted by molar-refractivity contribution is 9.11. The molecule has 0 saturated carbocycles. The van der Waals surface area contributed by atoms with Crippen molar-refractivity contribution in [1.82, 2.24) is 4.90 Å². The molecule has 0 aromatic heterocycles. The fourth-order valence-corrected chi connectivity index (χ4v) is 5.67. The normalized spacial score (nSPS) is 15.8. The van der Waals surface area contributed by atoms with Gasteiger partial charge in [-0.1, -0.05) is 29.8 Å². The van der Waals surface area contributed by atoms with E-state index in [0.717, 1.165) is 20.1 Å². The number of ether oxygens (including phenoxy) is 1. The molecule has 0 aliphatic carbocycles. The Hall–Kier alpha value is -2.88. The molecule has 4 rings (SSSR count). The molecule has 0 atom stereocenters. The number of benzene rings is 3. The number of aliphatic imine (C=N–C) groups is 1. The average molecular weight is 616 g/mol. The van der Waals surface area contributed by atoms with Crippen LogP contribution in [0.2, 0.25) is 0 Å². The lowest BCUT2D eigenvalue weighted by atomic mass is 10.1. The van der Waals surface area contributed by atoms with Gasteiger partial charge < -0.3 is 9.84 Å². The molecule has 1 aliphatic heterocycles. The topological polar surface area (TPSA) is 79.2 Å². The highest BCUT2D eigenvalue weighted by Crippen LogP contribution is 2.38. The molecule has 1 heterocycles. The third kappa shape index (κ3) is 6.04. The molecule has 0 bridgehead atoms. The van der Waals surface area contributed by atoms with Crippen molar-refractivity contribution < 1.29 is 19.4 Å². The first kappa shape index (κ1) is 25.2. The monoisotopic (exact) mass is 614 g/mol. The van der Waals surface area contributed by atoms with Gasteiger partial charge in [0.1, 0.15) is 12.4 Å². The Morgan fingerprint density at radius 1 is 1.09 bits per heavy atom. The van der Waals surface area contributed by atoms with Gasteiger partial charge >= 0.3 is 5.97 Å². The number of carbonyl (C=O) groups excluding carboxylic acids is 1. The Morgan fingerprint density at radius 2 is 1.71 bits per heavy atom. The summed E-state index contributed by atoms with van der Waals surface area (Å²) in [6.45, 7) is 2.48. The van der Waals surface area contributed by atoms with Crippen LogP contribution in [0.15, 0.2) is 79.5 Å². The van der Waals surface area contributed by atoms with Gasteiger partial charge in [0.2, 0.25) is 0 Å². The maximum Gasteiger partial charge on any atom is 0.335 e. The Bertz CT molecular complexity index is 1330. The number of nitrogens with zero attached hydrogens (tertiary/aromatic N) is 2. The van der Waals surface area contributed by atoms with E-state index in [1.807, 2.05) is 43.3 Å². The van der Waals surface area contributed by atoms with E-state index in [4.69, 9.17) is 9.84 Å². The predicted molar refractivity (Wildman–Crippen MR) is 146 cm³/mol. The minimum atomic E-state index is -0.999. The van der Waals surface area contributed by atoms with E-state index in [0.29, 0.717) is 28.1 Å². The van der Waals surface area contributed by atoms with Crippen molar-refractivity contribution in [3.05, 3.63) is 96.8 Å². The molecular formula is C26H20Br2N2O4S. The number of aromatic carboxylic acids is 1. The van der Waals surface area contributed by atoms with Crippen LogP contribution in [-0.2, 0) is 11.4 Å². The number of hydrogen-bond acceptors (Lipinski definition) is 5. The summed E-state index contributed by atoms with van der Waals surface area (Å²) in [6.07, 6.45) is 1.80. The second-order valence-corrected chi connectivity index (χ2v) is 10.5. The number of amidine groups is 1. The summed E-state index contributed by atoms with van der Waals surface area (Å²) in [4.78, 5) is 30.3. The van der Waals surface area contributed by atoms with Gasteiger partial charge in [-0.05, 0) is 104 Å². The van der Waals surface area contributed by atoms with E-state index in [9.17, 15) is 9.59 Å². The number of thioether (sulfide) groups is 1. The van der Waals surface area contributed by atoms with Crippen LogP contribution < -0.4 is 4.74 Å². The molecule has 1 N–H and O–H groups in total. The molecule has 1 amide bonds. The smallest absolute Gasteiger partial charge is 0.335 e. The minimum Gasteiger partial charge on any atom is -0.487 e. The second kappa shape index (κ2) is 10.8. The summed E-state index contributed by atoms with van der Waals surface area (Å²) in [6, 6.07) is 18.2. The lowest BCUT2D eigenvalue weighted by molar-refractivity contribution is -0.121. The summed E-state index contributed by atoms with van der Waals surface area (Å²) in [7, 11) is 1.66. The number of hydrogen-bond donors (Lipinski definition) is 1. The SMILES string of the molecule is Cc1ccc(COc2c(Br)cc(C=C3SC(=Nc4ccc(C(=O)O)cc4)N(C)C3=O)cc2Br)cc1. The van der Waals surface area contributed by atoms with Crippen molar-refractivity contribution in [3.8, 4) is 5.75 Å². The standard InChI is InChI=1S/C26H20Br2N2O4S/c1-15-3-5-16(6-4-15)14-34-23-20(27)11-17(12-21(23)28)13-22-24(31)30(2)26(35-22)29-19-9-7-18(8-10-19)25(32)33/h3-13H,14H2,1-2H3,(H,32,33). The summed E-state index contributed by atoms with van der Waals surface area (Å²) in [5, 5.41) is 9.56. The van der Waals surface area contributed by atoms with Gasteiger partial charge in [-0.3, -0.25) is 9.69 Å². The van der Waals surface area contributed by atoms with Crippen molar-refractivity contribution in [2.75, 3.05) is 7.05 Å². The molecule has 0 radical (unpaired) electrons. The highest BCUT2D eigenvalue weighted by atomic mass is 79.9. The van der Waals surface area contributed by atoms with Crippen molar-refractivity contribution >= 4 is 72.4 Å². The zero-order valence-electron chi connectivity index (χ0n) is 18.8. The molecule has 3 aromatic rings. The van der Waals surface area contributed by atoms with E-state index in [1.165, 1.54) is 34.4 Å². The number of carbonyl (C=O) groups is 2. The number of carboxylic acids is 1. The third-order valence-corrected chi connectivity index (χ3v) is 7.40. The second-order valence-electron chi connectivity index (χ2n) is 7.81. The quantitative estimate of drug-likeness (QED) is 0.301. The van der Waals surface area contributed by atoms with Crippen molar-refractivity contribution in [2.24, 2.45) is 4.99 Å². The van der Waals surface area contributed by atoms with Crippen LogP contribution in [0.25, 0.3) is 6.08 Å². The Balaban J connectivity index is 1.52. The van der Waals surface area contributed by atoms with Gasteiger partial charge in [-0.25, -0.2) is 9.79 Å². The highest BCUT2D eigenvalue weighted by Gasteiger charge is 2.30. The van der Waals surface area contributed by atoms with Gasteiger partial charge in [-0.2, -0.15) is 0 Å². The predicted octanol–water partition coefficient (Wildman–Crippen LogP) is 7.03. The molecule has 9 heteroatoms. The number of halogens is 2. The van der Waals surface area contributed by atoms with Crippen LogP contribution in [0.1, 0.15) is 27.0 Å².